The first-order valence-electron chi connectivity index (χ1n) is 4.95. The van der Waals surface area contributed by atoms with Crippen LogP contribution in [0.2, 0.25) is 0 Å². The highest BCUT2D eigenvalue weighted by Crippen LogP contribution is 2.15. The molecule has 2 aromatic rings. The molecule has 1 heterocycles. The zero-order valence-electron chi connectivity index (χ0n) is 9.33. The predicted molar refractivity (Wildman–Crippen MR) is 62.7 cm³/mol. The minimum absolute atomic E-state index is 0.196. The Hall–Kier alpha value is -2.43. The van der Waals surface area contributed by atoms with Crippen LogP contribution in [0.5, 0.6) is 5.75 Å². The van der Waals surface area contributed by atoms with Gasteiger partial charge in [0.05, 0.1) is 7.11 Å². The largest absolute Gasteiger partial charge is 0.497 e. The highest BCUT2D eigenvalue weighted by Gasteiger charge is 2.12. The van der Waals surface area contributed by atoms with E-state index in [0.717, 1.165) is 0 Å². The summed E-state index contributed by atoms with van der Waals surface area (Å²) in [6.45, 7) is 3.70. The maximum atomic E-state index is 12.0. The summed E-state index contributed by atoms with van der Waals surface area (Å²) in [5.74, 6) is 0.506. The van der Waals surface area contributed by atoms with Crippen LogP contribution in [-0.4, -0.2) is 27.7 Å². The van der Waals surface area contributed by atoms with Gasteiger partial charge in [-0.25, -0.2) is 9.67 Å². The van der Waals surface area contributed by atoms with Crippen molar-refractivity contribution in [2.24, 2.45) is 0 Å². The summed E-state index contributed by atoms with van der Waals surface area (Å²) < 4.78 is 6.36. The standard InChI is InChI=1S/C12H11N3O2/c1-9(15-8-13-7-14-15)12(16)10-3-5-11(17-2)6-4-10/h3-8H,1H2,2H3. The Labute approximate surface area is 98.4 Å². The van der Waals surface area contributed by atoms with E-state index in [1.54, 1.807) is 31.4 Å². The van der Waals surface area contributed by atoms with Crippen LogP contribution in [0.25, 0.3) is 5.70 Å². The van der Waals surface area contributed by atoms with E-state index in [1.807, 2.05) is 0 Å². The molecule has 0 aliphatic carbocycles. The molecule has 0 unspecified atom stereocenters. The number of carbonyl (C=O) groups is 1. The lowest BCUT2D eigenvalue weighted by Crippen LogP contribution is -2.08. The Balaban J connectivity index is 2.22. The first-order valence-corrected chi connectivity index (χ1v) is 4.95. The molecule has 5 heteroatoms. The molecule has 0 radical (unpaired) electrons. The van der Waals surface area contributed by atoms with Crippen molar-refractivity contribution in [3.8, 4) is 5.75 Å². The minimum Gasteiger partial charge on any atom is -0.497 e. The summed E-state index contributed by atoms with van der Waals surface area (Å²) in [5, 5.41) is 3.86. The Morgan fingerprint density at radius 3 is 2.59 bits per heavy atom. The molecule has 0 atom stereocenters. The number of aromatic nitrogens is 3. The number of ether oxygens (including phenoxy) is 1. The van der Waals surface area contributed by atoms with Crippen LogP contribution in [-0.2, 0) is 0 Å². The average molecular weight is 229 g/mol. The quantitative estimate of drug-likeness (QED) is 0.590. The number of carbonyl (C=O) groups excluding carboxylic acids is 1. The maximum absolute atomic E-state index is 12.0. The molecule has 0 aliphatic heterocycles. The maximum Gasteiger partial charge on any atom is 0.210 e. The predicted octanol–water partition coefficient (Wildman–Crippen LogP) is 1.64. The Bertz CT molecular complexity index is 529. The highest BCUT2D eigenvalue weighted by atomic mass is 16.5. The molecule has 0 spiro atoms. The monoisotopic (exact) mass is 229 g/mol. The van der Waals surface area contributed by atoms with Gasteiger partial charge >= 0.3 is 0 Å². The fraction of sp³-hybridized carbons (Fsp3) is 0.0833. The van der Waals surface area contributed by atoms with E-state index < -0.39 is 0 Å². The van der Waals surface area contributed by atoms with Gasteiger partial charge in [-0.15, -0.1) is 0 Å². The van der Waals surface area contributed by atoms with Crippen molar-refractivity contribution in [1.29, 1.82) is 0 Å². The fourth-order valence-electron chi connectivity index (χ4n) is 1.36. The van der Waals surface area contributed by atoms with Gasteiger partial charge in [-0.1, -0.05) is 6.58 Å². The summed E-state index contributed by atoms with van der Waals surface area (Å²) in [6.07, 6.45) is 2.79. The minimum atomic E-state index is -0.196. The Morgan fingerprint density at radius 1 is 1.35 bits per heavy atom. The fourth-order valence-corrected chi connectivity index (χ4v) is 1.36. The number of ketones is 1. The second-order valence-electron chi connectivity index (χ2n) is 3.34. The summed E-state index contributed by atoms with van der Waals surface area (Å²) in [4.78, 5) is 15.8. The molecule has 0 bridgehead atoms. The second-order valence-corrected chi connectivity index (χ2v) is 3.34. The third-order valence-corrected chi connectivity index (χ3v) is 2.31. The normalized spacial score (nSPS) is 9.94. The summed E-state index contributed by atoms with van der Waals surface area (Å²) in [5.41, 5.74) is 0.791. The topological polar surface area (TPSA) is 57.0 Å². The van der Waals surface area contributed by atoms with Crippen LogP contribution in [0.4, 0.5) is 0 Å². The summed E-state index contributed by atoms with van der Waals surface area (Å²) in [7, 11) is 1.57. The third kappa shape index (κ3) is 2.23. The molecule has 17 heavy (non-hydrogen) atoms. The third-order valence-electron chi connectivity index (χ3n) is 2.31. The van der Waals surface area contributed by atoms with E-state index >= 15 is 0 Å². The van der Waals surface area contributed by atoms with E-state index in [-0.39, 0.29) is 11.5 Å². The zero-order valence-corrected chi connectivity index (χ0v) is 9.33. The molecule has 0 saturated heterocycles. The molecule has 0 N–H and O–H groups in total. The summed E-state index contributed by atoms with van der Waals surface area (Å²) in [6, 6.07) is 6.82. The highest BCUT2D eigenvalue weighted by molar-refractivity contribution is 6.23. The van der Waals surface area contributed by atoms with Crippen LogP contribution >= 0.6 is 0 Å². The SMILES string of the molecule is C=C(C(=O)c1ccc(OC)cc1)n1cncn1. The lowest BCUT2D eigenvalue weighted by molar-refractivity contribution is 0.105. The number of hydrogen-bond donors (Lipinski definition) is 0. The first-order chi connectivity index (χ1) is 8.22. The molecule has 1 aromatic heterocycles. The van der Waals surface area contributed by atoms with Gasteiger partial charge in [0.15, 0.2) is 0 Å². The number of nitrogens with zero attached hydrogens (tertiary/aromatic N) is 3. The van der Waals surface area contributed by atoms with Crippen LogP contribution < -0.4 is 4.74 Å². The molecule has 0 fully saturated rings. The van der Waals surface area contributed by atoms with Crippen LogP contribution in [0.3, 0.4) is 0 Å². The Kier molecular flexibility index (Phi) is 3.00. The molecule has 2 rings (SSSR count). The zero-order chi connectivity index (χ0) is 12.3. The first kappa shape index (κ1) is 11.1. The molecular formula is C12H11N3O2. The van der Waals surface area contributed by atoms with Gasteiger partial charge in [-0.05, 0) is 24.3 Å². The second kappa shape index (κ2) is 4.61. The van der Waals surface area contributed by atoms with Crippen LogP contribution in [0, 0.1) is 0 Å². The van der Waals surface area contributed by atoms with E-state index in [0.29, 0.717) is 11.3 Å². The van der Waals surface area contributed by atoms with Gasteiger partial charge in [0.1, 0.15) is 24.1 Å². The molecule has 0 aliphatic rings. The van der Waals surface area contributed by atoms with Gasteiger partial charge in [-0.3, -0.25) is 4.79 Å². The van der Waals surface area contributed by atoms with Crippen molar-refractivity contribution in [2.45, 2.75) is 0 Å². The van der Waals surface area contributed by atoms with E-state index in [4.69, 9.17) is 4.74 Å². The molecule has 5 nitrogen and oxygen atoms in total. The molecule has 1 aromatic carbocycles. The van der Waals surface area contributed by atoms with Crippen molar-refractivity contribution in [3.05, 3.63) is 49.1 Å². The van der Waals surface area contributed by atoms with Gasteiger partial charge in [0.25, 0.3) is 0 Å². The van der Waals surface area contributed by atoms with Crippen LogP contribution in [0.15, 0.2) is 43.5 Å². The lowest BCUT2D eigenvalue weighted by Gasteiger charge is -2.05. The van der Waals surface area contributed by atoms with Crippen molar-refractivity contribution >= 4 is 11.5 Å². The van der Waals surface area contributed by atoms with E-state index in [1.165, 1.54) is 17.3 Å². The summed E-state index contributed by atoms with van der Waals surface area (Å²) >= 11 is 0. The van der Waals surface area contributed by atoms with Crippen molar-refractivity contribution in [1.82, 2.24) is 14.8 Å². The number of Topliss-reactive ketones (excluding diaryl/α,β-unsaturated/α-hetero) is 1. The number of benzene rings is 1. The van der Waals surface area contributed by atoms with Gasteiger partial charge in [0, 0.05) is 5.56 Å². The van der Waals surface area contributed by atoms with Gasteiger partial charge in [0.2, 0.25) is 5.78 Å². The molecular weight excluding hydrogens is 218 g/mol. The number of allylic oxidation sites excluding steroid dienone is 1. The molecule has 86 valence electrons. The van der Waals surface area contributed by atoms with E-state index in [9.17, 15) is 4.79 Å². The van der Waals surface area contributed by atoms with Gasteiger partial charge in [-0.2, -0.15) is 5.10 Å². The number of methoxy groups -OCH3 is 1. The molecule has 0 saturated carbocycles. The number of hydrogen-bond acceptors (Lipinski definition) is 4. The smallest absolute Gasteiger partial charge is 0.210 e. The van der Waals surface area contributed by atoms with Crippen LogP contribution in [0.1, 0.15) is 10.4 Å². The van der Waals surface area contributed by atoms with Gasteiger partial charge < -0.3 is 4.74 Å². The van der Waals surface area contributed by atoms with Crippen molar-refractivity contribution in [2.75, 3.05) is 7.11 Å². The molecule has 0 amide bonds. The van der Waals surface area contributed by atoms with E-state index in [2.05, 4.69) is 16.7 Å². The number of rotatable bonds is 4. The Morgan fingerprint density at radius 2 is 2.06 bits per heavy atom. The average Bonchev–Trinajstić information content (AvgIpc) is 2.91. The van der Waals surface area contributed by atoms with Crippen molar-refractivity contribution < 1.29 is 9.53 Å². The lowest BCUT2D eigenvalue weighted by atomic mass is 10.1. The van der Waals surface area contributed by atoms with Crippen molar-refractivity contribution in [3.63, 3.8) is 0 Å².